The predicted octanol–water partition coefficient (Wildman–Crippen LogP) is 0.641. The largest absolute Gasteiger partial charge is 0.493 e. The fourth-order valence-corrected chi connectivity index (χ4v) is 2.13. The molecule has 1 rings (SSSR count). The van der Waals surface area contributed by atoms with Crippen molar-refractivity contribution < 1.29 is 24.2 Å². The molecular formula is C17H26N2O5. The molecule has 2 amide bonds. The van der Waals surface area contributed by atoms with Gasteiger partial charge in [0, 0.05) is 19.7 Å². The molecule has 0 aliphatic carbocycles. The maximum Gasteiger partial charge on any atom is 0.309 e. The van der Waals surface area contributed by atoms with E-state index in [9.17, 15) is 9.59 Å². The first-order valence-corrected chi connectivity index (χ1v) is 8.00. The standard InChI is InChI=1S/C17H26N2O5/c1-23-14-7-6-13(12-15(14)24-2)8-10-19-17(22)16(21)18-9-4-3-5-11-20/h6-7,12,20H,3-5,8-11H2,1-2H3,(H,18,21)(H,19,22). The van der Waals surface area contributed by atoms with Crippen molar-refractivity contribution in [2.24, 2.45) is 0 Å². The van der Waals surface area contributed by atoms with E-state index in [4.69, 9.17) is 14.6 Å². The molecule has 3 N–H and O–H groups in total. The molecule has 134 valence electrons. The van der Waals surface area contributed by atoms with Gasteiger partial charge in [0.05, 0.1) is 14.2 Å². The van der Waals surface area contributed by atoms with Crippen LogP contribution in [0, 0.1) is 0 Å². The molecule has 0 radical (unpaired) electrons. The molecule has 0 aliphatic rings. The summed E-state index contributed by atoms with van der Waals surface area (Å²) < 4.78 is 10.4. The van der Waals surface area contributed by atoms with E-state index in [0.29, 0.717) is 37.4 Å². The summed E-state index contributed by atoms with van der Waals surface area (Å²) in [5, 5.41) is 13.8. The van der Waals surface area contributed by atoms with Gasteiger partial charge in [-0.25, -0.2) is 0 Å². The van der Waals surface area contributed by atoms with Crippen molar-refractivity contribution in [3.05, 3.63) is 23.8 Å². The number of hydrogen-bond acceptors (Lipinski definition) is 5. The predicted molar refractivity (Wildman–Crippen MR) is 90.2 cm³/mol. The molecule has 0 atom stereocenters. The lowest BCUT2D eigenvalue weighted by atomic mass is 10.1. The summed E-state index contributed by atoms with van der Waals surface area (Å²) in [5.74, 6) is -0.00300. The lowest BCUT2D eigenvalue weighted by Crippen LogP contribution is -2.41. The number of benzene rings is 1. The number of carbonyl (C=O) groups is 2. The first-order valence-electron chi connectivity index (χ1n) is 8.00. The molecule has 0 unspecified atom stereocenters. The third kappa shape index (κ3) is 6.87. The second-order valence-corrected chi connectivity index (χ2v) is 5.24. The van der Waals surface area contributed by atoms with Crippen LogP contribution in [0.3, 0.4) is 0 Å². The quantitative estimate of drug-likeness (QED) is 0.430. The SMILES string of the molecule is COc1ccc(CCNC(=O)C(=O)NCCCCCO)cc1OC. The summed E-state index contributed by atoms with van der Waals surface area (Å²) in [5.41, 5.74) is 0.970. The van der Waals surface area contributed by atoms with E-state index >= 15 is 0 Å². The molecule has 7 nitrogen and oxygen atoms in total. The van der Waals surface area contributed by atoms with Crippen LogP contribution in [0.1, 0.15) is 24.8 Å². The van der Waals surface area contributed by atoms with E-state index in [2.05, 4.69) is 10.6 Å². The number of nitrogens with one attached hydrogen (secondary N) is 2. The molecule has 0 aliphatic heterocycles. The highest BCUT2D eigenvalue weighted by atomic mass is 16.5. The second-order valence-electron chi connectivity index (χ2n) is 5.24. The number of hydrogen-bond donors (Lipinski definition) is 3. The summed E-state index contributed by atoms with van der Waals surface area (Å²) in [6.07, 6.45) is 2.84. The van der Waals surface area contributed by atoms with Gasteiger partial charge in [0.1, 0.15) is 0 Å². The number of methoxy groups -OCH3 is 2. The third-order valence-electron chi connectivity index (χ3n) is 3.47. The van der Waals surface area contributed by atoms with Crippen LogP contribution in [-0.4, -0.2) is 50.8 Å². The number of aliphatic hydroxyl groups excluding tert-OH is 1. The molecular weight excluding hydrogens is 312 g/mol. The number of rotatable bonds is 10. The monoisotopic (exact) mass is 338 g/mol. The summed E-state index contributed by atoms with van der Waals surface area (Å²) in [7, 11) is 3.13. The van der Waals surface area contributed by atoms with Crippen LogP contribution in [0.2, 0.25) is 0 Å². The molecule has 1 aromatic rings. The fourth-order valence-electron chi connectivity index (χ4n) is 2.13. The molecule has 0 aromatic heterocycles. The van der Waals surface area contributed by atoms with Gasteiger partial charge in [-0.3, -0.25) is 9.59 Å². The Labute approximate surface area is 142 Å². The Morgan fingerprint density at radius 2 is 1.62 bits per heavy atom. The first kappa shape index (κ1) is 19.8. The van der Waals surface area contributed by atoms with Gasteiger partial charge < -0.3 is 25.2 Å². The van der Waals surface area contributed by atoms with Gasteiger partial charge in [0.25, 0.3) is 0 Å². The van der Waals surface area contributed by atoms with Crippen LogP contribution < -0.4 is 20.1 Å². The zero-order chi connectivity index (χ0) is 17.8. The average Bonchev–Trinajstić information content (AvgIpc) is 2.61. The second kappa shape index (κ2) is 11.3. The molecule has 0 saturated carbocycles. The minimum absolute atomic E-state index is 0.143. The number of amides is 2. The van der Waals surface area contributed by atoms with Crippen LogP contribution in [-0.2, 0) is 16.0 Å². The van der Waals surface area contributed by atoms with Crippen molar-refractivity contribution in [2.45, 2.75) is 25.7 Å². The van der Waals surface area contributed by atoms with Gasteiger partial charge >= 0.3 is 11.8 Å². The molecule has 7 heteroatoms. The third-order valence-corrected chi connectivity index (χ3v) is 3.47. The first-order chi connectivity index (χ1) is 11.6. The van der Waals surface area contributed by atoms with Crippen molar-refractivity contribution in [2.75, 3.05) is 33.9 Å². The van der Waals surface area contributed by atoms with Crippen LogP contribution in [0.4, 0.5) is 0 Å². The Morgan fingerprint density at radius 3 is 2.25 bits per heavy atom. The van der Waals surface area contributed by atoms with Crippen molar-refractivity contribution in [3.63, 3.8) is 0 Å². The number of unbranched alkanes of at least 4 members (excludes halogenated alkanes) is 2. The Bertz CT molecular complexity index is 534. The van der Waals surface area contributed by atoms with Crippen LogP contribution >= 0.6 is 0 Å². The minimum atomic E-state index is -0.641. The van der Waals surface area contributed by atoms with Gasteiger partial charge in [0.2, 0.25) is 0 Å². The van der Waals surface area contributed by atoms with Crippen LogP contribution in [0.15, 0.2) is 18.2 Å². The smallest absolute Gasteiger partial charge is 0.309 e. The van der Waals surface area contributed by atoms with Gasteiger partial charge in [0.15, 0.2) is 11.5 Å². The highest BCUT2D eigenvalue weighted by Crippen LogP contribution is 2.27. The lowest BCUT2D eigenvalue weighted by molar-refractivity contribution is -0.139. The Kier molecular flexibility index (Phi) is 9.29. The van der Waals surface area contributed by atoms with Gasteiger partial charge in [-0.2, -0.15) is 0 Å². The van der Waals surface area contributed by atoms with Crippen molar-refractivity contribution in [3.8, 4) is 11.5 Å². The minimum Gasteiger partial charge on any atom is -0.493 e. The van der Waals surface area contributed by atoms with Crippen molar-refractivity contribution in [1.82, 2.24) is 10.6 Å². The van der Waals surface area contributed by atoms with Gasteiger partial charge in [-0.05, 0) is 43.4 Å². The molecule has 0 bridgehead atoms. The van der Waals surface area contributed by atoms with Crippen LogP contribution in [0.25, 0.3) is 0 Å². The molecule has 0 fully saturated rings. The summed E-state index contributed by atoms with van der Waals surface area (Å²) in [6, 6.07) is 5.52. The van der Waals surface area contributed by atoms with E-state index in [1.54, 1.807) is 20.3 Å². The van der Waals surface area contributed by atoms with E-state index in [1.165, 1.54) is 0 Å². The summed E-state index contributed by atoms with van der Waals surface area (Å²) in [4.78, 5) is 23.3. The van der Waals surface area contributed by atoms with E-state index < -0.39 is 11.8 Å². The van der Waals surface area contributed by atoms with Gasteiger partial charge in [-0.1, -0.05) is 6.07 Å². The Hall–Kier alpha value is -2.28. The van der Waals surface area contributed by atoms with Gasteiger partial charge in [-0.15, -0.1) is 0 Å². The molecule has 1 aromatic carbocycles. The van der Waals surface area contributed by atoms with Crippen molar-refractivity contribution in [1.29, 1.82) is 0 Å². The highest BCUT2D eigenvalue weighted by molar-refractivity contribution is 6.35. The van der Waals surface area contributed by atoms with E-state index in [1.807, 2.05) is 12.1 Å². The molecule has 0 saturated heterocycles. The van der Waals surface area contributed by atoms with E-state index in [-0.39, 0.29) is 6.61 Å². The number of aliphatic hydroxyl groups is 1. The topological polar surface area (TPSA) is 96.9 Å². The Balaban J connectivity index is 2.31. The lowest BCUT2D eigenvalue weighted by Gasteiger charge is -2.10. The fraction of sp³-hybridized carbons (Fsp3) is 0.529. The zero-order valence-electron chi connectivity index (χ0n) is 14.3. The average molecular weight is 338 g/mol. The van der Waals surface area contributed by atoms with Crippen molar-refractivity contribution >= 4 is 11.8 Å². The Morgan fingerprint density at radius 1 is 0.958 bits per heavy atom. The molecule has 0 heterocycles. The maximum absolute atomic E-state index is 11.7. The zero-order valence-corrected chi connectivity index (χ0v) is 14.3. The maximum atomic E-state index is 11.7. The van der Waals surface area contributed by atoms with Crippen LogP contribution in [0.5, 0.6) is 11.5 Å². The highest BCUT2D eigenvalue weighted by Gasteiger charge is 2.12. The number of carbonyl (C=O) groups excluding carboxylic acids is 2. The normalized spacial score (nSPS) is 10.1. The summed E-state index contributed by atoms with van der Waals surface area (Å²) in [6.45, 7) is 0.929. The van der Waals surface area contributed by atoms with E-state index in [0.717, 1.165) is 18.4 Å². The molecule has 0 spiro atoms. The summed E-state index contributed by atoms with van der Waals surface area (Å²) >= 11 is 0. The number of ether oxygens (including phenoxy) is 2. The molecule has 24 heavy (non-hydrogen) atoms.